The van der Waals surface area contributed by atoms with Crippen LogP contribution in [0, 0.1) is 0 Å². The van der Waals surface area contributed by atoms with Gasteiger partial charge < -0.3 is 15.2 Å². The fourth-order valence-electron chi connectivity index (χ4n) is 0.987. The number of nitrogen functional groups attached to an aromatic ring is 1. The van der Waals surface area contributed by atoms with E-state index in [1.54, 1.807) is 0 Å². The number of rotatable bonds is 3. The molecule has 0 radical (unpaired) electrons. The lowest BCUT2D eigenvalue weighted by Crippen LogP contribution is -2.18. The highest BCUT2D eigenvalue weighted by Gasteiger charge is 2.33. The molecule has 1 rings (SSSR count). The molecule has 0 saturated carbocycles. The zero-order chi connectivity index (χ0) is 12.3. The summed E-state index contributed by atoms with van der Waals surface area (Å²) in [6, 6.07) is 0. The number of pyridine rings is 1. The largest absolute Gasteiger partial charge is 0.573 e. The topological polar surface area (TPSA) is 74.4 Å². The lowest BCUT2D eigenvalue weighted by molar-refractivity contribution is -0.274. The summed E-state index contributed by atoms with van der Waals surface area (Å²) in [6.07, 6.45) is -3.93. The molecule has 1 heterocycles. The molecule has 0 saturated heterocycles. The minimum atomic E-state index is -4.90. The van der Waals surface area contributed by atoms with Crippen molar-refractivity contribution in [3.8, 4) is 11.6 Å². The highest BCUT2D eigenvalue weighted by atomic mass is 19.4. The molecular weight excluding hydrogens is 229 g/mol. The van der Waals surface area contributed by atoms with Crippen LogP contribution in [0.15, 0.2) is 6.20 Å². The predicted molar refractivity (Wildman–Crippen MR) is 47.3 cm³/mol. The molecule has 0 aliphatic carbocycles. The number of halogens is 3. The van der Waals surface area contributed by atoms with Gasteiger partial charge in [0.25, 0.3) is 0 Å². The number of methoxy groups -OCH3 is 1. The molecule has 0 unspecified atom stereocenters. The molecule has 2 N–H and O–H groups in total. The fourth-order valence-corrected chi connectivity index (χ4v) is 0.987. The van der Waals surface area contributed by atoms with E-state index in [0.29, 0.717) is 0 Å². The Balaban J connectivity index is 3.19. The number of hydrogen-bond donors (Lipinski definition) is 1. The van der Waals surface area contributed by atoms with Gasteiger partial charge in [-0.3, -0.25) is 4.79 Å². The summed E-state index contributed by atoms with van der Waals surface area (Å²) in [4.78, 5) is 14.0. The van der Waals surface area contributed by atoms with Crippen molar-refractivity contribution >= 4 is 12.0 Å². The third-order valence-electron chi connectivity index (χ3n) is 1.62. The number of aromatic nitrogens is 1. The Hall–Kier alpha value is -1.99. The maximum atomic E-state index is 11.9. The lowest BCUT2D eigenvalue weighted by Gasteiger charge is -2.12. The first-order valence-electron chi connectivity index (χ1n) is 3.92. The second-order valence-electron chi connectivity index (χ2n) is 2.62. The molecule has 88 valence electrons. The summed E-state index contributed by atoms with van der Waals surface area (Å²) >= 11 is 0. The first-order valence-corrected chi connectivity index (χ1v) is 3.92. The minimum Gasteiger partial charge on any atom is -0.480 e. The molecule has 1 aromatic heterocycles. The molecule has 0 amide bonds. The second-order valence-corrected chi connectivity index (χ2v) is 2.62. The summed E-state index contributed by atoms with van der Waals surface area (Å²) in [5.74, 6) is -0.905. The summed E-state index contributed by atoms with van der Waals surface area (Å²) < 4.78 is 44.0. The Labute approximate surface area is 88.0 Å². The van der Waals surface area contributed by atoms with Gasteiger partial charge in [0.2, 0.25) is 5.88 Å². The third kappa shape index (κ3) is 2.53. The first kappa shape index (κ1) is 12.1. The number of ether oxygens (including phenoxy) is 2. The Morgan fingerprint density at radius 3 is 2.56 bits per heavy atom. The number of alkyl halides is 3. The molecule has 0 atom stereocenters. The quantitative estimate of drug-likeness (QED) is 0.802. The number of aldehydes is 1. The van der Waals surface area contributed by atoms with Crippen molar-refractivity contribution in [2.24, 2.45) is 0 Å². The predicted octanol–water partition coefficient (Wildman–Crippen LogP) is 1.38. The van der Waals surface area contributed by atoms with Crippen LogP contribution >= 0.6 is 0 Å². The van der Waals surface area contributed by atoms with E-state index in [2.05, 4.69) is 14.5 Å². The van der Waals surface area contributed by atoms with Crippen LogP contribution in [0.4, 0.5) is 18.9 Å². The monoisotopic (exact) mass is 236 g/mol. The van der Waals surface area contributed by atoms with E-state index in [0.717, 1.165) is 6.20 Å². The van der Waals surface area contributed by atoms with Gasteiger partial charge in [-0.05, 0) is 0 Å². The smallest absolute Gasteiger partial charge is 0.480 e. The molecule has 0 aliphatic rings. The van der Waals surface area contributed by atoms with Gasteiger partial charge in [0, 0.05) is 0 Å². The van der Waals surface area contributed by atoms with Crippen LogP contribution in [0.2, 0.25) is 0 Å². The third-order valence-corrected chi connectivity index (χ3v) is 1.62. The standard InChI is InChI=1S/C8H7F3N2O3/c1-15-7-4(3-14)6(12)5(2-13-7)16-8(9,10)11/h2-3H,1H3,(H2,12,13). The van der Waals surface area contributed by atoms with Crippen LogP contribution in [0.5, 0.6) is 11.6 Å². The van der Waals surface area contributed by atoms with Crippen LogP contribution < -0.4 is 15.2 Å². The Kier molecular flexibility index (Phi) is 3.21. The van der Waals surface area contributed by atoms with Crippen molar-refractivity contribution in [2.45, 2.75) is 6.36 Å². The Morgan fingerprint density at radius 2 is 2.12 bits per heavy atom. The molecule has 5 nitrogen and oxygen atoms in total. The molecular formula is C8H7F3N2O3. The van der Waals surface area contributed by atoms with Crippen molar-refractivity contribution in [2.75, 3.05) is 12.8 Å². The second kappa shape index (κ2) is 4.25. The van der Waals surface area contributed by atoms with Gasteiger partial charge in [0.1, 0.15) is 5.56 Å². The van der Waals surface area contributed by atoms with Crippen molar-refractivity contribution in [1.82, 2.24) is 4.98 Å². The summed E-state index contributed by atoms with van der Waals surface area (Å²) in [7, 11) is 1.21. The molecule has 0 bridgehead atoms. The molecule has 0 spiro atoms. The number of carbonyl (C=O) groups is 1. The van der Waals surface area contributed by atoms with Crippen LogP contribution in [0.1, 0.15) is 10.4 Å². The summed E-state index contributed by atoms with van der Waals surface area (Å²) in [6.45, 7) is 0. The SMILES string of the molecule is COc1ncc(OC(F)(F)F)c(N)c1C=O. The van der Waals surface area contributed by atoms with E-state index in [4.69, 9.17) is 5.73 Å². The highest BCUT2D eigenvalue weighted by molar-refractivity contribution is 5.88. The fraction of sp³-hybridized carbons (Fsp3) is 0.250. The number of nitrogens with two attached hydrogens (primary N) is 1. The van der Waals surface area contributed by atoms with Crippen LogP contribution in [-0.4, -0.2) is 24.7 Å². The number of anilines is 1. The van der Waals surface area contributed by atoms with E-state index in [1.165, 1.54) is 7.11 Å². The van der Waals surface area contributed by atoms with Gasteiger partial charge in [-0.1, -0.05) is 0 Å². The van der Waals surface area contributed by atoms with Crippen LogP contribution in [0.3, 0.4) is 0 Å². The van der Waals surface area contributed by atoms with Gasteiger partial charge in [0.05, 0.1) is 19.0 Å². The van der Waals surface area contributed by atoms with Gasteiger partial charge in [-0.25, -0.2) is 4.98 Å². The van der Waals surface area contributed by atoms with Crippen molar-refractivity contribution in [3.63, 3.8) is 0 Å². The molecule has 0 fully saturated rings. The summed E-state index contributed by atoms with van der Waals surface area (Å²) in [5.41, 5.74) is 4.54. The Morgan fingerprint density at radius 1 is 1.50 bits per heavy atom. The van der Waals surface area contributed by atoms with E-state index in [-0.39, 0.29) is 17.7 Å². The highest BCUT2D eigenvalue weighted by Crippen LogP contribution is 2.32. The minimum absolute atomic E-state index is 0.165. The normalized spacial score (nSPS) is 11.0. The van der Waals surface area contributed by atoms with Gasteiger partial charge in [0.15, 0.2) is 12.0 Å². The van der Waals surface area contributed by atoms with E-state index in [9.17, 15) is 18.0 Å². The van der Waals surface area contributed by atoms with E-state index < -0.39 is 17.8 Å². The molecule has 16 heavy (non-hydrogen) atoms. The van der Waals surface area contributed by atoms with Gasteiger partial charge in [-0.2, -0.15) is 0 Å². The zero-order valence-corrected chi connectivity index (χ0v) is 8.04. The average molecular weight is 236 g/mol. The zero-order valence-electron chi connectivity index (χ0n) is 8.04. The molecule has 0 aromatic carbocycles. The first-order chi connectivity index (χ1) is 7.39. The molecule has 8 heteroatoms. The van der Waals surface area contributed by atoms with Crippen molar-refractivity contribution in [1.29, 1.82) is 0 Å². The lowest BCUT2D eigenvalue weighted by atomic mass is 10.2. The van der Waals surface area contributed by atoms with Gasteiger partial charge in [-0.15, -0.1) is 13.2 Å². The van der Waals surface area contributed by atoms with Crippen molar-refractivity contribution < 1.29 is 27.4 Å². The average Bonchev–Trinajstić information content (AvgIpc) is 2.19. The Bertz CT molecular complexity index is 406. The van der Waals surface area contributed by atoms with Crippen LogP contribution in [0.25, 0.3) is 0 Å². The van der Waals surface area contributed by atoms with Crippen LogP contribution in [-0.2, 0) is 0 Å². The summed E-state index contributed by atoms with van der Waals surface area (Å²) in [5, 5.41) is 0. The number of hydrogen-bond acceptors (Lipinski definition) is 5. The van der Waals surface area contributed by atoms with E-state index >= 15 is 0 Å². The molecule has 0 aliphatic heterocycles. The number of nitrogens with zero attached hydrogens (tertiary/aromatic N) is 1. The van der Waals surface area contributed by atoms with Gasteiger partial charge >= 0.3 is 6.36 Å². The maximum Gasteiger partial charge on any atom is 0.573 e. The van der Waals surface area contributed by atoms with E-state index in [1.807, 2.05) is 0 Å². The number of carbonyl (C=O) groups excluding carboxylic acids is 1. The van der Waals surface area contributed by atoms with Crippen molar-refractivity contribution in [3.05, 3.63) is 11.8 Å². The molecule has 1 aromatic rings. The maximum absolute atomic E-state index is 11.9.